The van der Waals surface area contributed by atoms with E-state index in [-0.39, 0.29) is 40.7 Å². The third-order valence-corrected chi connectivity index (χ3v) is 5.38. The van der Waals surface area contributed by atoms with Gasteiger partial charge < -0.3 is 19.7 Å². The van der Waals surface area contributed by atoms with E-state index in [2.05, 4.69) is 25.6 Å². The number of rotatable bonds is 8. The third-order valence-electron chi connectivity index (χ3n) is 5.38. The molecule has 3 heterocycles. The molecule has 1 fully saturated rings. The molecule has 5 rings (SSSR count). The normalized spacial score (nSPS) is 13.0. The van der Waals surface area contributed by atoms with Crippen LogP contribution in [0, 0.1) is 11.7 Å². The van der Waals surface area contributed by atoms with Gasteiger partial charge in [0.05, 0.1) is 18.5 Å². The maximum atomic E-state index is 14.6. The first-order chi connectivity index (χ1) is 16.9. The van der Waals surface area contributed by atoms with E-state index in [1.807, 2.05) is 0 Å². The predicted octanol–water partition coefficient (Wildman–Crippen LogP) is 3.41. The summed E-state index contributed by atoms with van der Waals surface area (Å²) in [6, 6.07) is 8.77. The minimum absolute atomic E-state index is 0.00819. The van der Waals surface area contributed by atoms with E-state index in [1.165, 1.54) is 35.8 Å². The number of imidazole rings is 1. The van der Waals surface area contributed by atoms with Gasteiger partial charge in [-0.2, -0.15) is 0 Å². The molecule has 35 heavy (non-hydrogen) atoms. The Bertz CT molecular complexity index is 1410. The molecule has 0 bridgehead atoms. The molecule has 0 spiro atoms. The molecule has 0 atom stereocenters. The zero-order valence-electron chi connectivity index (χ0n) is 19.0. The molecule has 1 aliphatic carbocycles. The smallest absolute Gasteiger partial charge is 0.276 e. The van der Waals surface area contributed by atoms with Crippen molar-refractivity contribution >= 4 is 29.0 Å². The van der Waals surface area contributed by atoms with Gasteiger partial charge in [0.2, 0.25) is 17.7 Å². The van der Waals surface area contributed by atoms with Crippen molar-refractivity contribution < 1.29 is 23.5 Å². The quantitative estimate of drug-likeness (QED) is 0.397. The summed E-state index contributed by atoms with van der Waals surface area (Å²) in [5.41, 5.74) is 0.687. The lowest BCUT2D eigenvalue weighted by Crippen LogP contribution is -2.27. The van der Waals surface area contributed by atoms with Crippen LogP contribution >= 0.6 is 0 Å². The first-order valence-corrected chi connectivity index (χ1v) is 11.0. The van der Waals surface area contributed by atoms with E-state index < -0.39 is 11.7 Å². The molecule has 0 saturated heterocycles. The fraction of sp³-hybridized carbons (Fsp3) is 0.261. The van der Waals surface area contributed by atoms with Gasteiger partial charge in [-0.1, -0.05) is 0 Å². The Kier molecular flexibility index (Phi) is 5.77. The molecule has 2 amide bonds. The van der Waals surface area contributed by atoms with E-state index >= 15 is 0 Å². The Morgan fingerprint density at radius 1 is 1.23 bits per heavy atom. The number of amides is 2. The van der Waals surface area contributed by atoms with Crippen LogP contribution in [0.15, 0.2) is 42.6 Å². The molecule has 1 aliphatic rings. The van der Waals surface area contributed by atoms with Gasteiger partial charge in [0.1, 0.15) is 17.3 Å². The zero-order valence-corrected chi connectivity index (χ0v) is 19.0. The highest BCUT2D eigenvalue weighted by molar-refractivity contribution is 6.04. The molecule has 1 aromatic carbocycles. The third kappa shape index (κ3) is 4.76. The molecule has 180 valence electrons. The minimum atomic E-state index is -0.605. The van der Waals surface area contributed by atoms with Gasteiger partial charge in [0.25, 0.3) is 5.91 Å². The average molecular weight is 479 g/mol. The van der Waals surface area contributed by atoms with Gasteiger partial charge >= 0.3 is 0 Å². The molecule has 0 radical (unpaired) electrons. The summed E-state index contributed by atoms with van der Waals surface area (Å²) in [5, 5.41) is 13.6. The van der Waals surface area contributed by atoms with Crippen LogP contribution in [0.25, 0.3) is 5.65 Å². The van der Waals surface area contributed by atoms with Crippen molar-refractivity contribution in [2.45, 2.75) is 19.8 Å². The standard InChI is InChI=1S/C23H22FN7O4/c1-3-34-21-11-16(27-28-21)23(33)30(2)17-10-14(6-7-15(17)24)35-20-9-8-19-25-18(12-31(19)29-20)26-22(32)13-4-5-13/h6-13H,3-5H2,1-2H3,(H,26,32)(H,27,28). The van der Waals surface area contributed by atoms with Gasteiger partial charge in [-0.15, -0.1) is 10.2 Å². The summed E-state index contributed by atoms with van der Waals surface area (Å²) in [6.07, 6.45) is 3.38. The molecule has 0 unspecified atom stereocenters. The van der Waals surface area contributed by atoms with E-state index in [9.17, 15) is 14.0 Å². The van der Waals surface area contributed by atoms with Gasteiger partial charge in [-0.3, -0.25) is 14.7 Å². The number of nitrogens with zero attached hydrogens (tertiary/aromatic N) is 5. The van der Waals surface area contributed by atoms with Crippen LogP contribution in [0.4, 0.5) is 15.9 Å². The van der Waals surface area contributed by atoms with E-state index in [0.29, 0.717) is 18.1 Å². The zero-order chi connectivity index (χ0) is 24.5. The highest BCUT2D eigenvalue weighted by Gasteiger charge is 2.30. The minimum Gasteiger partial charge on any atom is -0.477 e. The SMILES string of the molecule is CCOc1cc(C(=O)N(C)c2cc(Oc3ccc4nc(NC(=O)C5CC5)cn4n3)ccc2F)[nH]n1. The fourth-order valence-corrected chi connectivity index (χ4v) is 3.41. The number of H-pyrrole nitrogens is 1. The Hall–Kier alpha value is -4.48. The topological polar surface area (TPSA) is 127 Å². The van der Waals surface area contributed by atoms with Crippen molar-refractivity contribution in [2.75, 3.05) is 23.9 Å². The van der Waals surface area contributed by atoms with Gasteiger partial charge in [-0.05, 0) is 38.0 Å². The van der Waals surface area contributed by atoms with Crippen LogP contribution < -0.4 is 19.7 Å². The summed E-state index contributed by atoms with van der Waals surface area (Å²) >= 11 is 0. The van der Waals surface area contributed by atoms with Crippen molar-refractivity contribution in [1.82, 2.24) is 24.8 Å². The molecule has 11 nitrogen and oxygen atoms in total. The van der Waals surface area contributed by atoms with E-state index in [4.69, 9.17) is 9.47 Å². The first-order valence-electron chi connectivity index (χ1n) is 11.0. The summed E-state index contributed by atoms with van der Waals surface area (Å²) in [4.78, 5) is 30.2. The lowest BCUT2D eigenvalue weighted by atomic mass is 10.2. The van der Waals surface area contributed by atoms with E-state index in [0.717, 1.165) is 17.7 Å². The Morgan fingerprint density at radius 3 is 2.83 bits per heavy atom. The van der Waals surface area contributed by atoms with Gasteiger partial charge in [-0.25, -0.2) is 13.9 Å². The highest BCUT2D eigenvalue weighted by atomic mass is 19.1. The number of hydrogen-bond acceptors (Lipinski definition) is 7. The number of fused-ring (bicyclic) bond motifs is 1. The molecular formula is C23H22FN7O4. The summed E-state index contributed by atoms with van der Waals surface area (Å²) in [5.74, 6) is 0.0763. The number of benzene rings is 1. The number of nitrogens with one attached hydrogen (secondary N) is 2. The number of hydrogen-bond donors (Lipinski definition) is 2. The second-order valence-corrected chi connectivity index (χ2v) is 8.00. The number of halogens is 1. The molecule has 3 aromatic heterocycles. The van der Waals surface area contributed by atoms with Crippen molar-refractivity contribution in [3.05, 3.63) is 54.1 Å². The molecule has 2 N–H and O–H groups in total. The van der Waals surface area contributed by atoms with E-state index in [1.54, 1.807) is 25.3 Å². The largest absolute Gasteiger partial charge is 0.477 e. The highest BCUT2D eigenvalue weighted by Crippen LogP contribution is 2.31. The van der Waals surface area contributed by atoms with Crippen LogP contribution in [-0.4, -0.2) is 50.3 Å². The van der Waals surface area contributed by atoms with Crippen LogP contribution in [0.3, 0.4) is 0 Å². The van der Waals surface area contributed by atoms with Crippen LogP contribution in [0.2, 0.25) is 0 Å². The number of ether oxygens (including phenoxy) is 2. The second-order valence-electron chi connectivity index (χ2n) is 8.00. The van der Waals surface area contributed by atoms with Crippen LogP contribution in [0.1, 0.15) is 30.3 Å². The number of carbonyl (C=O) groups is 2. The van der Waals surface area contributed by atoms with Gasteiger partial charge in [0.15, 0.2) is 11.5 Å². The average Bonchev–Trinajstić information content (AvgIpc) is 3.47. The van der Waals surface area contributed by atoms with Crippen molar-refractivity contribution in [3.63, 3.8) is 0 Å². The molecular weight excluding hydrogens is 457 g/mol. The van der Waals surface area contributed by atoms with Crippen molar-refractivity contribution in [3.8, 4) is 17.5 Å². The lowest BCUT2D eigenvalue weighted by molar-refractivity contribution is -0.117. The first kappa shape index (κ1) is 22.3. The number of aromatic amines is 1. The molecule has 1 saturated carbocycles. The maximum absolute atomic E-state index is 14.6. The molecule has 0 aliphatic heterocycles. The van der Waals surface area contributed by atoms with Crippen LogP contribution in [0.5, 0.6) is 17.5 Å². The Balaban J connectivity index is 1.33. The summed E-state index contributed by atoms with van der Waals surface area (Å²) in [6.45, 7) is 2.20. The molecule has 12 heteroatoms. The summed E-state index contributed by atoms with van der Waals surface area (Å²) < 4.78 is 27.1. The number of aromatic nitrogens is 5. The summed E-state index contributed by atoms with van der Waals surface area (Å²) in [7, 11) is 1.44. The fourth-order valence-electron chi connectivity index (χ4n) is 3.41. The Morgan fingerprint density at radius 2 is 2.06 bits per heavy atom. The predicted molar refractivity (Wildman–Crippen MR) is 123 cm³/mol. The van der Waals surface area contributed by atoms with Crippen molar-refractivity contribution in [1.29, 1.82) is 0 Å². The second kappa shape index (κ2) is 9.05. The number of carbonyl (C=O) groups excluding carboxylic acids is 2. The maximum Gasteiger partial charge on any atom is 0.276 e. The molecule has 4 aromatic rings. The van der Waals surface area contributed by atoms with Gasteiger partial charge in [0, 0.05) is 31.2 Å². The number of anilines is 2. The van der Waals surface area contributed by atoms with Crippen LogP contribution in [-0.2, 0) is 4.79 Å². The Labute approximate surface area is 198 Å². The van der Waals surface area contributed by atoms with Crippen molar-refractivity contribution in [2.24, 2.45) is 5.92 Å². The lowest BCUT2D eigenvalue weighted by Gasteiger charge is -2.18. The monoisotopic (exact) mass is 479 g/mol.